The molecule has 2 rings (SSSR count). The van der Waals surface area contributed by atoms with Gasteiger partial charge in [-0.25, -0.2) is 0 Å². The summed E-state index contributed by atoms with van der Waals surface area (Å²) < 4.78 is 29.1. The number of ether oxygens (including phenoxy) is 1. The maximum atomic E-state index is 12.4. The Morgan fingerprint density at radius 2 is 2.13 bits per heavy atom. The summed E-state index contributed by atoms with van der Waals surface area (Å²) in [5, 5.41) is 6.28. The highest BCUT2D eigenvalue weighted by atomic mass is 35.5. The first-order valence-corrected chi connectivity index (χ1v) is 7.89. The second kappa shape index (κ2) is 9.00. The zero-order valence-corrected chi connectivity index (χ0v) is 13.4. The number of benzene rings is 1. The van der Waals surface area contributed by atoms with Gasteiger partial charge in [-0.15, -0.1) is 0 Å². The fraction of sp³-hybridized carbons (Fsp3) is 0.533. The normalized spacial score (nSPS) is 15.7. The average Bonchev–Trinajstić information content (AvgIpc) is 2.53. The van der Waals surface area contributed by atoms with E-state index in [1.54, 1.807) is 0 Å². The largest absolute Gasteiger partial charge is 0.434 e. The van der Waals surface area contributed by atoms with E-state index in [1.165, 1.54) is 18.2 Å². The van der Waals surface area contributed by atoms with Gasteiger partial charge in [0.05, 0.1) is 5.56 Å². The summed E-state index contributed by atoms with van der Waals surface area (Å²) in [6.45, 7) is 2.30. The van der Waals surface area contributed by atoms with E-state index in [2.05, 4.69) is 20.3 Å². The van der Waals surface area contributed by atoms with Gasteiger partial charge in [0.1, 0.15) is 5.75 Å². The summed E-state index contributed by atoms with van der Waals surface area (Å²) in [7, 11) is 0. The molecule has 0 bridgehead atoms. The van der Waals surface area contributed by atoms with Crippen molar-refractivity contribution in [1.29, 1.82) is 0 Å². The number of halogens is 3. The number of piperazine rings is 1. The Bertz CT molecular complexity index is 525. The van der Waals surface area contributed by atoms with Crippen LogP contribution < -0.4 is 15.4 Å². The standard InChI is InChI=1S/C15H20ClF2N3O2/c16-11-2-3-13(23-15(17)18)12(10-11)14(22)20-4-1-7-21-8-5-19-6-9-21/h2-3,10,15,19H,1,4-9H2,(H,20,22). The molecule has 1 aliphatic rings. The number of amides is 1. The maximum Gasteiger partial charge on any atom is 0.387 e. The van der Waals surface area contributed by atoms with Crippen molar-refractivity contribution in [3.05, 3.63) is 28.8 Å². The van der Waals surface area contributed by atoms with Crippen LogP contribution in [0.15, 0.2) is 18.2 Å². The van der Waals surface area contributed by atoms with Crippen LogP contribution in [0, 0.1) is 0 Å². The van der Waals surface area contributed by atoms with Crippen LogP contribution in [-0.4, -0.2) is 56.7 Å². The zero-order chi connectivity index (χ0) is 16.7. The molecule has 1 fully saturated rings. The fourth-order valence-electron chi connectivity index (χ4n) is 2.41. The highest BCUT2D eigenvalue weighted by molar-refractivity contribution is 6.31. The van der Waals surface area contributed by atoms with Gasteiger partial charge in [-0.05, 0) is 31.2 Å². The molecule has 1 aromatic rings. The molecular formula is C15H20ClF2N3O2. The molecule has 0 spiro atoms. The molecular weight excluding hydrogens is 328 g/mol. The first-order chi connectivity index (χ1) is 11.1. The third-order valence-electron chi connectivity index (χ3n) is 3.55. The first-order valence-electron chi connectivity index (χ1n) is 7.52. The lowest BCUT2D eigenvalue weighted by Gasteiger charge is -2.27. The molecule has 8 heteroatoms. The molecule has 5 nitrogen and oxygen atoms in total. The van der Waals surface area contributed by atoms with Crippen molar-refractivity contribution in [2.45, 2.75) is 13.0 Å². The number of nitrogens with zero attached hydrogens (tertiary/aromatic N) is 1. The van der Waals surface area contributed by atoms with Crippen LogP contribution in [0.25, 0.3) is 0 Å². The number of carbonyl (C=O) groups excluding carboxylic acids is 1. The molecule has 2 N–H and O–H groups in total. The third kappa shape index (κ3) is 5.93. The van der Waals surface area contributed by atoms with E-state index in [1.807, 2.05) is 0 Å². The molecule has 0 atom stereocenters. The minimum absolute atomic E-state index is 0.0139. The predicted molar refractivity (Wildman–Crippen MR) is 84.3 cm³/mol. The van der Waals surface area contributed by atoms with Gasteiger partial charge in [0, 0.05) is 37.7 Å². The van der Waals surface area contributed by atoms with Crippen molar-refractivity contribution >= 4 is 17.5 Å². The van der Waals surface area contributed by atoms with E-state index in [-0.39, 0.29) is 16.3 Å². The van der Waals surface area contributed by atoms with Crippen molar-refractivity contribution in [2.75, 3.05) is 39.3 Å². The Labute approximate surface area is 138 Å². The van der Waals surface area contributed by atoms with Crippen LogP contribution in [0.3, 0.4) is 0 Å². The van der Waals surface area contributed by atoms with Gasteiger partial charge in [0.2, 0.25) is 0 Å². The monoisotopic (exact) mass is 347 g/mol. The molecule has 1 aromatic carbocycles. The van der Waals surface area contributed by atoms with Gasteiger partial charge >= 0.3 is 6.61 Å². The molecule has 1 saturated heterocycles. The minimum Gasteiger partial charge on any atom is -0.434 e. The number of rotatable bonds is 7. The van der Waals surface area contributed by atoms with Gasteiger partial charge in [-0.1, -0.05) is 11.6 Å². The van der Waals surface area contributed by atoms with Crippen molar-refractivity contribution in [3.63, 3.8) is 0 Å². The second-order valence-electron chi connectivity index (χ2n) is 5.22. The molecule has 0 aromatic heterocycles. The molecule has 0 saturated carbocycles. The molecule has 1 amide bonds. The SMILES string of the molecule is O=C(NCCCN1CCNCC1)c1cc(Cl)ccc1OC(F)F. The van der Waals surface area contributed by atoms with E-state index in [0.29, 0.717) is 6.54 Å². The van der Waals surface area contributed by atoms with E-state index in [0.717, 1.165) is 39.1 Å². The van der Waals surface area contributed by atoms with Crippen molar-refractivity contribution in [1.82, 2.24) is 15.5 Å². The van der Waals surface area contributed by atoms with Crippen LogP contribution in [0.1, 0.15) is 16.8 Å². The predicted octanol–water partition coefficient (Wildman–Crippen LogP) is 1.97. The summed E-state index contributed by atoms with van der Waals surface area (Å²) in [4.78, 5) is 14.4. The van der Waals surface area contributed by atoms with Crippen LogP contribution in [0.5, 0.6) is 5.75 Å². The lowest BCUT2D eigenvalue weighted by atomic mass is 10.2. The van der Waals surface area contributed by atoms with Gasteiger partial charge in [0.15, 0.2) is 0 Å². The number of carbonyl (C=O) groups is 1. The third-order valence-corrected chi connectivity index (χ3v) is 3.78. The van der Waals surface area contributed by atoms with Crippen LogP contribution in [-0.2, 0) is 0 Å². The zero-order valence-electron chi connectivity index (χ0n) is 12.7. The van der Waals surface area contributed by atoms with E-state index in [9.17, 15) is 13.6 Å². The molecule has 23 heavy (non-hydrogen) atoms. The van der Waals surface area contributed by atoms with E-state index in [4.69, 9.17) is 11.6 Å². The Balaban J connectivity index is 1.83. The first kappa shape index (κ1) is 17.9. The molecule has 0 radical (unpaired) electrons. The van der Waals surface area contributed by atoms with Crippen LogP contribution in [0.2, 0.25) is 5.02 Å². The molecule has 1 aliphatic heterocycles. The van der Waals surface area contributed by atoms with Crippen LogP contribution in [0.4, 0.5) is 8.78 Å². The number of hydrogen-bond acceptors (Lipinski definition) is 4. The highest BCUT2D eigenvalue weighted by Crippen LogP contribution is 2.24. The molecule has 0 unspecified atom stereocenters. The molecule has 1 heterocycles. The van der Waals surface area contributed by atoms with Gasteiger partial charge < -0.3 is 20.3 Å². The second-order valence-corrected chi connectivity index (χ2v) is 5.66. The summed E-state index contributed by atoms with van der Waals surface area (Å²) in [5.41, 5.74) is 0.0139. The minimum atomic E-state index is -2.99. The van der Waals surface area contributed by atoms with Crippen molar-refractivity contribution in [2.24, 2.45) is 0 Å². The summed E-state index contributed by atoms with van der Waals surface area (Å²) in [6.07, 6.45) is 0.789. The Kier molecular flexibility index (Phi) is 7.01. The van der Waals surface area contributed by atoms with E-state index < -0.39 is 12.5 Å². The fourth-order valence-corrected chi connectivity index (χ4v) is 2.59. The maximum absolute atomic E-state index is 12.4. The average molecular weight is 348 g/mol. The van der Waals surface area contributed by atoms with Gasteiger partial charge in [-0.2, -0.15) is 8.78 Å². The Morgan fingerprint density at radius 3 is 2.83 bits per heavy atom. The quantitative estimate of drug-likeness (QED) is 0.740. The van der Waals surface area contributed by atoms with E-state index >= 15 is 0 Å². The van der Waals surface area contributed by atoms with Gasteiger partial charge in [-0.3, -0.25) is 4.79 Å². The Morgan fingerprint density at radius 1 is 1.39 bits per heavy atom. The van der Waals surface area contributed by atoms with Gasteiger partial charge in [0.25, 0.3) is 5.91 Å². The lowest BCUT2D eigenvalue weighted by Crippen LogP contribution is -2.44. The highest BCUT2D eigenvalue weighted by Gasteiger charge is 2.16. The summed E-state index contributed by atoms with van der Waals surface area (Å²) in [6, 6.07) is 4.00. The number of nitrogens with one attached hydrogen (secondary N) is 2. The summed E-state index contributed by atoms with van der Waals surface area (Å²) in [5.74, 6) is -0.646. The van der Waals surface area contributed by atoms with Crippen LogP contribution >= 0.6 is 11.6 Å². The molecule has 128 valence electrons. The Hall–Kier alpha value is -1.44. The van der Waals surface area contributed by atoms with Crippen molar-refractivity contribution < 1.29 is 18.3 Å². The topological polar surface area (TPSA) is 53.6 Å². The molecule has 0 aliphatic carbocycles. The van der Waals surface area contributed by atoms with Crippen molar-refractivity contribution in [3.8, 4) is 5.75 Å². The number of alkyl halides is 2. The smallest absolute Gasteiger partial charge is 0.387 e. The summed E-state index contributed by atoms with van der Waals surface area (Å²) >= 11 is 5.82. The number of hydrogen-bond donors (Lipinski definition) is 2. The lowest BCUT2D eigenvalue weighted by molar-refractivity contribution is -0.0501.